The van der Waals surface area contributed by atoms with Crippen LogP contribution in [-0.2, 0) is 6.54 Å². The van der Waals surface area contributed by atoms with Gasteiger partial charge in [0.15, 0.2) is 0 Å². The van der Waals surface area contributed by atoms with Gasteiger partial charge in [-0.15, -0.1) is 0 Å². The Morgan fingerprint density at radius 2 is 1.71 bits per heavy atom. The highest BCUT2D eigenvalue weighted by molar-refractivity contribution is 5.57. The standard InChI is InChI=1S/C15H13F4NO/c16-11-3-1-10(2-4-11)13-6-5-12(21-13)9-20-14(7-8-14)15(17,18)19/h1-6,20H,7-9H2. The molecule has 1 saturated carbocycles. The first kappa shape index (κ1) is 14.1. The van der Waals surface area contributed by atoms with Gasteiger partial charge in [-0.25, -0.2) is 4.39 Å². The van der Waals surface area contributed by atoms with Gasteiger partial charge in [0, 0.05) is 5.56 Å². The monoisotopic (exact) mass is 299 g/mol. The number of rotatable bonds is 4. The number of benzene rings is 1. The Balaban J connectivity index is 1.67. The van der Waals surface area contributed by atoms with Gasteiger partial charge in [-0.05, 0) is 49.2 Å². The molecule has 1 aliphatic carbocycles. The number of nitrogens with one attached hydrogen (secondary N) is 1. The summed E-state index contributed by atoms with van der Waals surface area (Å²) in [5, 5.41) is 2.52. The third-order valence-corrected chi connectivity index (χ3v) is 3.68. The van der Waals surface area contributed by atoms with Crippen molar-refractivity contribution in [1.82, 2.24) is 5.32 Å². The minimum absolute atomic E-state index is 0.0146. The lowest BCUT2D eigenvalue weighted by Gasteiger charge is -2.19. The summed E-state index contributed by atoms with van der Waals surface area (Å²) in [5.41, 5.74) is -1.07. The van der Waals surface area contributed by atoms with Crippen LogP contribution in [0, 0.1) is 5.82 Å². The Labute approximate surface area is 118 Å². The molecule has 0 bridgehead atoms. The molecule has 1 aliphatic rings. The second-order valence-corrected chi connectivity index (χ2v) is 5.21. The smallest absolute Gasteiger partial charge is 0.406 e. The predicted molar refractivity (Wildman–Crippen MR) is 69.0 cm³/mol. The Morgan fingerprint density at radius 1 is 1.05 bits per heavy atom. The minimum Gasteiger partial charge on any atom is -0.460 e. The van der Waals surface area contributed by atoms with E-state index in [0.717, 1.165) is 0 Å². The molecule has 2 aromatic rings. The fourth-order valence-electron chi connectivity index (χ4n) is 2.18. The van der Waals surface area contributed by atoms with Crippen molar-refractivity contribution in [2.75, 3.05) is 0 Å². The van der Waals surface area contributed by atoms with Gasteiger partial charge >= 0.3 is 6.18 Å². The molecule has 112 valence electrons. The van der Waals surface area contributed by atoms with Gasteiger partial charge in [0.05, 0.1) is 6.54 Å². The van der Waals surface area contributed by atoms with E-state index in [9.17, 15) is 17.6 Å². The van der Waals surface area contributed by atoms with E-state index in [2.05, 4.69) is 5.32 Å². The van der Waals surface area contributed by atoms with E-state index in [4.69, 9.17) is 4.42 Å². The van der Waals surface area contributed by atoms with Gasteiger partial charge in [0.1, 0.15) is 22.9 Å². The topological polar surface area (TPSA) is 25.2 Å². The zero-order chi connectivity index (χ0) is 15.1. The maximum atomic E-state index is 12.8. The van der Waals surface area contributed by atoms with E-state index in [1.165, 1.54) is 12.1 Å². The molecule has 6 heteroatoms. The SMILES string of the molecule is Fc1ccc(-c2ccc(CNC3(C(F)(F)F)CC3)o2)cc1. The molecular weight excluding hydrogens is 286 g/mol. The van der Waals surface area contributed by atoms with Crippen LogP contribution in [0.15, 0.2) is 40.8 Å². The summed E-state index contributed by atoms with van der Waals surface area (Å²) in [7, 11) is 0. The molecule has 1 aromatic heterocycles. The first-order valence-corrected chi connectivity index (χ1v) is 6.56. The zero-order valence-electron chi connectivity index (χ0n) is 11.0. The van der Waals surface area contributed by atoms with Gasteiger partial charge in [-0.3, -0.25) is 5.32 Å². The Morgan fingerprint density at radius 3 is 2.29 bits per heavy atom. The summed E-state index contributed by atoms with van der Waals surface area (Å²) in [6, 6.07) is 9.01. The van der Waals surface area contributed by atoms with Gasteiger partial charge in [-0.2, -0.15) is 13.2 Å². The van der Waals surface area contributed by atoms with Crippen LogP contribution in [0.4, 0.5) is 17.6 Å². The summed E-state index contributed by atoms with van der Waals surface area (Å²) >= 11 is 0. The van der Waals surface area contributed by atoms with Crippen LogP contribution in [0.3, 0.4) is 0 Å². The van der Waals surface area contributed by atoms with Gasteiger partial charge < -0.3 is 4.42 Å². The van der Waals surface area contributed by atoms with Crippen LogP contribution in [-0.4, -0.2) is 11.7 Å². The third-order valence-electron chi connectivity index (χ3n) is 3.68. The van der Waals surface area contributed by atoms with Crippen LogP contribution in [0.2, 0.25) is 0 Å². The highest BCUT2D eigenvalue weighted by atomic mass is 19.4. The molecule has 0 amide bonds. The molecule has 3 rings (SSSR count). The number of furan rings is 1. The quantitative estimate of drug-likeness (QED) is 0.853. The van der Waals surface area contributed by atoms with Crippen molar-refractivity contribution in [3.8, 4) is 11.3 Å². The van der Waals surface area contributed by atoms with Crippen molar-refractivity contribution >= 4 is 0 Å². The highest BCUT2D eigenvalue weighted by Crippen LogP contribution is 2.49. The lowest BCUT2D eigenvalue weighted by atomic mass is 10.2. The average molecular weight is 299 g/mol. The van der Waals surface area contributed by atoms with E-state index >= 15 is 0 Å². The van der Waals surface area contributed by atoms with Crippen molar-refractivity contribution in [3.05, 3.63) is 48.0 Å². The second kappa shape index (κ2) is 4.87. The molecule has 21 heavy (non-hydrogen) atoms. The Bertz CT molecular complexity index is 626. The normalized spacial score (nSPS) is 17.0. The zero-order valence-corrected chi connectivity index (χ0v) is 11.0. The largest absolute Gasteiger partial charge is 0.460 e. The molecule has 2 nitrogen and oxygen atoms in total. The maximum absolute atomic E-state index is 12.8. The van der Waals surface area contributed by atoms with E-state index < -0.39 is 11.7 Å². The maximum Gasteiger partial charge on any atom is 0.406 e. The molecule has 0 unspecified atom stereocenters. The van der Waals surface area contributed by atoms with Crippen LogP contribution < -0.4 is 5.32 Å². The van der Waals surface area contributed by atoms with Crippen molar-refractivity contribution < 1.29 is 22.0 Å². The first-order valence-electron chi connectivity index (χ1n) is 6.56. The molecule has 0 aliphatic heterocycles. The van der Waals surface area contributed by atoms with E-state index in [-0.39, 0.29) is 25.2 Å². The fraction of sp³-hybridized carbons (Fsp3) is 0.333. The van der Waals surface area contributed by atoms with Gasteiger partial charge in [0.2, 0.25) is 0 Å². The molecule has 0 atom stereocenters. The second-order valence-electron chi connectivity index (χ2n) is 5.21. The van der Waals surface area contributed by atoms with Crippen molar-refractivity contribution in [1.29, 1.82) is 0 Å². The van der Waals surface area contributed by atoms with Crippen LogP contribution in [0.25, 0.3) is 11.3 Å². The van der Waals surface area contributed by atoms with Crippen LogP contribution in [0.5, 0.6) is 0 Å². The summed E-state index contributed by atoms with van der Waals surface area (Å²) in [5.74, 6) is 0.571. The minimum atomic E-state index is -4.24. The van der Waals surface area contributed by atoms with E-state index in [1.807, 2.05) is 0 Å². The molecule has 1 aromatic carbocycles. The van der Waals surface area contributed by atoms with Crippen LogP contribution in [0.1, 0.15) is 18.6 Å². The fourth-order valence-corrected chi connectivity index (χ4v) is 2.18. The molecule has 1 N–H and O–H groups in total. The van der Waals surface area contributed by atoms with E-state index in [0.29, 0.717) is 17.1 Å². The highest BCUT2D eigenvalue weighted by Gasteiger charge is 2.63. The third kappa shape index (κ3) is 2.81. The lowest BCUT2D eigenvalue weighted by molar-refractivity contribution is -0.166. The lowest BCUT2D eigenvalue weighted by Crippen LogP contribution is -2.44. The first-order chi connectivity index (χ1) is 9.90. The number of halogens is 4. The van der Waals surface area contributed by atoms with Crippen LogP contribution >= 0.6 is 0 Å². The molecular formula is C15H13F4NO. The molecule has 0 spiro atoms. The van der Waals surface area contributed by atoms with Crippen molar-refractivity contribution in [2.24, 2.45) is 0 Å². The summed E-state index contributed by atoms with van der Waals surface area (Å²) in [6.45, 7) is 0.0146. The summed E-state index contributed by atoms with van der Waals surface area (Å²) in [4.78, 5) is 0. The summed E-state index contributed by atoms with van der Waals surface area (Å²) < 4.78 is 56.7. The molecule has 1 fully saturated rings. The molecule has 1 heterocycles. The van der Waals surface area contributed by atoms with Crippen molar-refractivity contribution in [3.63, 3.8) is 0 Å². The van der Waals surface area contributed by atoms with Gasteiger partial charge in [-0.1, -0.05) is 0 Å². The number of hydrogen-bond donors (Lipinski definition) is 1. The predicted octanol–water partition coefficient (Wildman–Crippen LogP) is 4.27. The molecule has 0 radical (unpaired) electrons. The van der Waals surface area contributed by atoms with Gasteiger partial charge in [0.25, 0.3) is 0 Å². The number of hydrogen-bond acceptors (Lipinski definition) is 2. The Kier molecular flexibility index (Phi) is 3.28. The van der Waals surface area contributed by atoms with Crippen molar-refractivity contribution in [2.45, 2.75) is 31.1 Å². The Hall–Kier alpha value is -1.82. The number of alkyl halides is 3. The molecule has 0 saturated heterocycles. The van der Waals surface area contributed by atoms with E-state index in [1.54, 1.807) is 24.3 Å². The average Bonchev–Trinajstić information content (AvgIpc) is 3.10. The summed E-state index contributed by atoms with van der Waals surface area (Å²) in [6.07, 6.45) is -4.04.